The predicted molar refractivity (Wildman–Crippen MR) is 75.5 cm³/mol. The van der Waals surface area contributed by atoms with Gasteiger partial charge in [-0.1, -0.05) is 60.7 Å². The van der Waals surface area contributed by atoms with Gasteiger partial charge in [-0.05, 0) is 24.0 Å². The summed E-state index contributed by atoms with van der Waals surface area (Å²) in [5.74, 6) is 0.170. The Morgan fingerprint density at radius 1 is 0.737 bits per heavy atom. The van der Waals surface area contributed by atoms with E-state index in [9.17, 15) is 4.79 Å². The fourth-order valence-electron chi connectivity index (χ4n) is 3.58. The summed E-state index contributed by atoms with van der Waals surface area (Å²) in [6, 6.07) is 16.2. The Balaban J connectivity index is 2.08. The quantitative estimate of drug-likeness (QED) is 0.645. The van der Waals surface area contributed by atoms with E-state index in [4.69, 9.17) is 0 Å². The minimum atomic E-state index is -0.0128. The summed E-state index contributed by atoms with van der Waals surface area (Å²) in [6.45, 7) is 0. The second-order valence-corrected chi connectivity index (χ2v) is 5.38. The van der Waals surface area contributed by atoms with Gasteiger partial charge < -0.3 is 0 Å². The number of rotatable bonds is 0. The largest absolute Gasteiger partial charge is 0.289 e. The number of fused-ring (bicyclic) bond motifs is 4. The van der Waals surface area contributed by atoms with Crippen molar-refractivity contribution in [3.05, 3.63) is 82.9 Å². The first-order chi connectivity index (χ1) is 9.33. The minimum Gasteiger partial charge on any atom is -0.289 e. The third kappa shape index (κ3) is 1.27. The lowest BCUT2D eigenvalue weighted by atomic mass is 9.65. The standard InChI is InChI=1S/C18H14O/c19-17-13-7-1-3-9-15(13)18(11-5-6-12-18)16-10-4-2-8-14(16)17/h1-10H,11-12H2. The fourth-order valence-corrected chi connectivity index (χ4v) is 3.58. The van der Waals surface area contributed by atoms with Crippen molar-refractivity contribution in [3.63, 3.8) is 0 Å². The van der Waals surface area contributed by atoms with Crippen LogP contribution in [0.2, 0.25) is 0 Å². The third-order valence-corrected chi connectivity index (χ3v) is 4.47. The zero-order valence-corrected chi connectivity index (χ0v) is 10.6. The van der Waals surface area contributed by atoms with E-state index >= 15 is 0 Å². The molecule has 0 aromatic heterocycles. The van der Waals surface area contributed by atoms with Crippen molar-refractivity contribution >= 4 is 5.78 Å². The summed E-state index contributed by atoms with van der Waals surface area (Å²) in [4.78, 5) is 12.6. The maximum absolute atomic E-state index is 12.6. The van der Waals surface area contributed by atoms with Crippen LogP contribution >= 0.6 is 0 Å². The highest BCUT2D eigenvalue weighted by Gasteiger charge is 2.43. The molecule has 0 bridgehead atoms. The predicted octanol–water partition coefficient (Wildman–Crippen LogP) is 3.87. The molecular weight excluding hydrogens is 232 g/mol. The first kappa shape index (κ1) is 10.7. The van der Waals surface area contributed by atoms with Gasteiger partial charge in [0.1, 0.15) is 0 Å². The summed E-state index contributed by atoms with van der Waals surface area (Å²) >= 11 is 0. The highest BCUT2D eigenvalue weighted by atomic mass is 16.1. The molecule has 4 rings (SSSR count). The molecule has 0 unspecified atom stereocenters. The van der Waals surface area contributed by atoms with E-state index in [2.05, 4.69) is 24.3 Å². The Morgan fingerprint density at radius 3 is 1.74 bits per heavy atom. The molecule has 1 nitrogen and oxygen atoms in total. The number of carbonyl (C=O) groups excluding carboxylic acids is 1. The number of carbonyl (C=O) groups is 1. The number of allylic oxidation sites excluding steroid dienone is 2. The molecule has 0 amide bonds. The van der Waals surface area contributed by atoms with Crippen LogP contribution in [0.1, 0.15) is 39.9 Å². The fraction of sp³-hybridized carbons (Fsp3) is 0.167. The van der Waals surface area contributed by atoms with Gasteiger partial charge in [-0.25, -0.2) is 0 Å². The highest BCUT2D eigenvalue weighted by molar-refractivity contribution is 6.13. The first-order valence-electron chi connectivity index (χ1n) is 6.72. The van der Waals surface area contributed by atoms with E-state index in [1.165, 1.54) is 11.1 Å². The lowest BCUT2D eigenvalue weighted by Crippen LogP contribution is -2.33. The van der Waals surface area contributed by atoms with Gasteiger partial charge in [0.05, 0.1) is 0 Å². The maximum atomic E-state index is 12.6. The molecule has 0 atom stereocenters. The third-order valence-electron chi connectivity index (χ3n) is 4.47. The lowest BCUT2D eigenvalue weighted by molar-refractivity contribution is 0.103. The molecule has 0 saturated carbocycles. The van der Waals surface area contributed by atoms with E-state index in [0.717, 1.165) is 24.0 Å². The van der Waals surface area contributed by atoms with Gasteiger partial charge in [0.15, 0.2) is 5.78 Å². The Morgan fingerprint density at radius 2 is 1.21 bits per heavy atom. The van der Waals surface area contributed by atoms with Crippen molar-refractivity contribution in [2.24, 2.45) is 0 Å². The molecule has 1 spiro atoms. The second kappa shape index (κ2) is 3.67. The number of hydrogen-bond acceptors (Lipinski definition) is 1. The van der Waals surface area contributed by atoms with Crippen LogP contribution in [0, 0.1) is 0 Å². The molecule has 0 N–H and O–H groups in total. The van der Waals surface area contributed by atoms with Gasteiger partial charge in [-0.2, -0.15) is 0 Å². The van der Waals surface area contributed by atoms with Crippen LogP contribution < -0.4 is 0 Å². The Kier molecular flexibility index (Phi) is 2.08. The van der Waals surface area contributed by atoms with E-state index in [0.29, 0.717) is 0 Å². The van der Waals surface area contributed by atoms with Crippen molar-refractivity contribution in [1.29, 1.82) is 0 Å². The first-order valence-corrected chi connectivity index (χ1v) is 6.72. The summed E-state index contributed by atoms with van der Waals surface area (Å²) in [6.07, 6.45) is 6.47. The van der Waals surface area contributed by atoms with Crippen molar-refractivity contribution in [1.82, 2.24) is 0 Å². The van der Waals surface area contributed by atoms with Crippen molar-refractivity contribution in [2.45, 2.75) is 18.3 Å². The molecule has 2 aromatic rings. The van der Waals surface area contributed by atoms with Gasteiger partial charge in [-0.15, -0.1) is 0 Å². The van der Waals surface area contributed by atoms with Crippen LogP contribution in [-0.4, -0.2) is 5.78 Å². The van der Waals surface area contributed by atoms with Gasteiger partial charge in [-0.3, -0.25) is 4.79 Å². The monoisotopic (exact) mass is 246 g/mol. The zero-order valence-electron chi connectivity index (χ0n) is 10.6. The second-order valence-electron chi connectivity index (χ2n) is 5.38. The molecule has 0 saturated heterocycles. The average molecular weight is 246 g/mol. The highest BCUT2D eigenvalue weighted by Crippen LogP contribution is 2.48. The molecule has 2 aliphatic carbocycles. The lowest BCUT2D eigenvalue weighted by Gasteiger charge is -2.37. The van der Waals surface area contributed by atoms with Crippen LogP contribution in [0.25, 0.3) is 0 Å². The smallest absolute Gasteiger partial charge is 0.193 e. The maximum Gasteiger partial charge on any atom is 0.193 e. The Labute approximate surface area is 112 Å². The van der Waals surface area contributed by atoms with Crippen LogP contribution in [-0.2, 0) is 5.41 Å². The Hall–Kier alpha value is -2.15. The molecule has 0 radical (unpaired) electrons. The molecule has 92 valence electrons. The summed E-state index contributed by atoms with van der Waals surface area (Å²) in [5, 5.41) is 0. The topological polar surface area (TPSA) is 17.1 Å². The summed E-state index contributed by atoms with van der Waals surface area (Å²) in [5.41, 5.74) is 4.14. The van der Waals surface area contributed by atoms with E-state index in [-0.39, 0.29) is 11.2 Å². The average Bonchev–Trinajstić information content (AvgIpc) is 2.96. The normalized spacial score (nSPS) is 18.4. The van der Waals surface area contributed by atoms with Gasteiger partial charge in [0.2, 0.25) is 0 Å². The van der Waals surface area contributed by atoms with E-state index in [1.807, 2.05) is 36.4 Å². The van der Waals surface area contributed by atoms with Crippen LogP contribution in [0.15, 0.2) is 60.7 Å². The van der Waals surface area contributed by atoms with Crippen LogP contribution in [0.4, 0.5) is 0 Å². The summed E-state index contributed by atoms with van der Waals surface area (Å²) in [7, 11) is 0. The molecule has 0 aliphatic heterocycles. The van der Waals surface area contributed by atoms with Crippen LogP contribution in [0.5, 0.6) is 0 Å². The molecule has 19 heavy (non-hydrogen) atoms. The molecular formula is C18H14O. The molecule has 2 aromatic carbocycles. The molecule has 2 aliphatic rings. The molecule has 0 heterocycles. The number of hydrogen-bond donors (Lipinski definition) is 0. The van der Waals surface area contributed by atoms with Crippen molar-refractivity contribution in [3.8, 4) is 0 Å². The van der Waals surface area contributed by atoms with E-state index in [1.54, 1.807) is 0 Å². The zero-order chi connectivity index (χ0) is 12.9. The molecule has 0 fully saturated rings. The molecule has 1 heteroatoms. The van der Waals surface area contributed by atoms with Gasteiger partial charge >= 0.3 is 0 Å². The summed E-state index contributed by atoms with van der Waals surface area (Å²) < 4.78 is 0. The van der Waals surface area contributed by atoms with E-state index < -0.39 is 0 Å². The Bertz CT molecular complexity index is 650. The van der Waals surface area contributed by atoms with Gasteiger partial charge in [0.25, 0.3) is 0 Å². The van der Waals surface area contributed by atoms with Gasteiger partial charge in [0, 0.05) is 16.5 Å². The number of ketones is 1. The van der Waals surface area contributed by atoms with Crippen molar-refractivity contribution < 1.29 is 4.79 Å². The van der Waals surface area contributed by atoms with Crippen LogP contribution in [0.3, 0.4) is 0 Å². The minimum absolute atomic E-state index is 0.0128. The van der Waals surface area contributed by atoms with Crippen molar-refractivity contribution in [2.75, 3.05) is 0 Å². The number of benzene rings is 2. The SMILES string of the molecule is O=C1c2ccccc2C2(CC=CC2)c2ccccc21.